The quantitative estimate of drug-likeness (QED) is 0.338. The lowest BCUT2D eigenvalue weighted by Crippen LogP contribution is -2.23. The van der Waals surface area contributed by atoms with E-state index in [4.69, 9.17) is 0 Å². The molecule has 0 spiro atoms. The molecule has 0 aliphatic rings. The molecule has 13 heteroatoms. The maximum absolute atomic E-state index is 13.1. The van der Waals surface area contributed by atoms with Crippen LogP contribution in [0.5, 0.6) is 0 Å². The van der Waals surface area contributed by atoms with Gasteiger partial charge in [0.2, 0.25) is 5.95 Å². The second kappa shape index (κ2) is 7.51. The summed E-state index contributed by atoms with van der Waals surface area (Å²) in [5.74, 6) is -1.44. The molecule has 8 nitrogen and oxygen atoms in total. The van der Waals surface area contributed by atoms with Crippen molar-refractivity contribution in [2.24, 2.45) is 0 Å². The molecule has 166 valence electrons. The average molecular weight is 467 g/mol. The average Bonchev–Trinajstić information content (AvgIpc) is 3.09. The zero-order chi connectivity index (χ0) is 23.3. The molecule has 0 amide bonds. The third kappa shape index (κ3) is 3.75. The highest BCUT2D eigenvalue weighted by atomic mass is 32.2. The SMILES string of the molecule is CCS(=O)(=O)c1cc(-c2ccc(F)nc2)cnc1-n1nc2ccc(C(F)(F)F)cn2c1=O. The second-order valence-corrected chi connectivity index (χ2v) is 8.90. The molecule has 0 N–H and O–H groups in total. The summed E-state index contributed by atoms with van der Waals surface area (Å²) < 4.78 is 78.9. The normalized spacial score (nSPS) is 12.4. The van der Waals surface area contributed by atoms with Crippen LogP contribution in [0.2, 0.25) is 0 Å². The minimum atomic E-state index is -4.68. The van der Waals surface area contributed by atoms with Crippen LogP contribution in [0.3, 0.4) is 0 Å². The van der Waals surface area contributed by atoms with Gasteiger partial charge in [-0.3, -0.25) is 0 Å². The summed E-state index contributed by atoms with van der Waals surface area (Å²) in [6, 6.07) is 5.44. The van der Waals surface area contributed by atoms with E-state index in [1.54, 1.807) is 0 Å². The van der Waals surface area contributed by atoms with Crippen LogP contribution in [-0.2, 0) is 16.0 Å². The van der Waals surface area contributed by atoms with Crippen LogP contribution in [-0.4, -0.2) is 38.3 Å². The summed E-state index contributed by atoms with van der Waals surface area (Å²) in [7, 11) is -3.95. The summed E-state index contributed by atoms with van der Waals surface area (Å²) in [5, 5.41) is 3.94. The van der Waals surface area contributed by atoms with E-state index in [9.17, 15) is 30.8 Å². The van der Waals surface area contributed by atoms with Gasteiger partial charge in [-0.25, -0.2) is 27.6 Å². The number of hydrogen-bond donors (Lipinski definition) is 0. The Hall–Kier alpha value is -3.61. The fourth-order valence-corrected chi connectivity index (χ4v) is 4.00. The van der Waals surface area contributed by atoms with Crippen molar-refractivity contribution < 1.29 is 26.0 Å². The molecule has 0 aromatic carbocycles. The van der Waals surface area contributed by atoms with E-state index >= 15 is 0 Å². The number of halogens is 4. The van der Waals surface area contributed by atoms with Gasteiger partial charge in [0.25, 0.3) is 0 Å². The number of aromatic nitrogens is 5. The fourth-order valence-electron chi connectivity index (χ4n) is 2.97. The number of rotatable bonds is 4. The van der Waals surface area contributed by atoms with E-state index in [2.05, 4.69) is 15.1 Å². The summed E-state index contributed by atoms with van der Waals surface area (Å²) >= 11 is 0. The third-order valence-corrected chi connectivity index (χ3v) is 6.38. The first-order chi connectivity index (χ1) is 15.0. The molecule has 0 fully saturated rings. The van der Waals surface area contributed by atoms with Gasteiger partial charge in [0, 0.05) is 29.7 Å². The largest absolute Gasteiger partial charge is 0.417 e. The molecule has 4 aromatic rings. The van der Waals surface area contributed by atoms with Gasteiger partial charge in [0.15, 0.2) is 21.3 Å². The number of alkyl halides is 3. The zero-order valence-electron chi connectivity index (χ0n) is 16.2. The number of pyridine rings is 3. The molecule has 32 heavy (non-hydrogen) atoms. The zero-order valence-corrected chi connectivity index (χ0v) is 17.0. The third-order valence-electron chi connectivity index (χ3n) is 4.65. The van der Waals surface area contributed by atoms with Gasteiger partial charge in [-0.05, 0) is 30.3 Å². The Kier molecular flexibility index (Phi) is 5.07. The van der Waals surface area contributed by atoms with Gasteiger partial charge in [-0.1, -0.05) is 6.92 Å². The maximum Gasteiger partial charge on any atom is 0.417 e. The first-order valence-electron chi connectivity index (χ1n) is 9.05. The molecule has 4 heterocycles. The lowest BCUT2D eigenvalue weighted by atomic mass is 10.1. The number of hydrogen-bond acceptors (Lipinski definition) is 6. The van der Waals surface area contributed by atoms with Gasteiger partial charge in [0.05, 0.1) is 11.3 Å². The Morgan fingerprint density at radius 2 is 1.75 bits per heavy atom. The van der Waals surface area contributed by atoms with Crippen molar-refractivity contribution in [2.45, 2.75) is 18.0 Å². The predicted molar refractivity (Wildman–Crippen MR) is 105 cm³/mol. The summed E-state index contributed by atoms with van der Waals surface area (Å²) in [6.45, 7) is 1.38. The summed E-state index contributed by atoms with van der Waals surface area (Å²) in [4.78, 5) is 20.0. The van der Waals surface area contributed by atoms with Crippen molar-refractivity contribution in [3.63, 3.8) is 0 Å². The molecule has 0 unspecified atom stereocenters. The van der Waals surface area contributed by atoms with Gasteiger partial charge in [-0.2, -0.15) is 22.2 Å². The Labute approximate surface area is 177 Å². The standard InChI is InChI=1S/C19H13F4N5O3S/c1-2-32(30,31)14-7-12(11-3-5-15(20)24-8-11)9-25-17(14)28-18(29)27-10-13(19(21,22)23)4-6-16(27)26-28/h3-10H,2H2,1H3. The maximum atomic E-state index is 13.1. The molecule has 4 rings (SSSR count). The second-order valence-electron chi connectivity index (χ2n) is 6.66. The van der Waals surface area contributed by atoms with Crippen LogP contribution in [0.25, 0.3) is 22.6 Å². The molecule has 0 radical (unpaired) electrons. The topological polar surface area (TPSA) is 99.2 Å². The van der Waals surface area contributed by atoms with Crippen molar-refractivity contribution in [3.8, 4) is 16.9 Å². The Morgan fingerprint density at radius 1 is 1.03 bits per heavy atom. The molecule has 4 aromatic heterocycles. The molecular formula is C19H13F4N5O3S. The Morgan fingerprint density at radius 3 is 2.38 bits per heavy atom. The molecule has 0 aliphatic carbocycles. The smallest absolute Gasteiger partial charge is 0.249 e. The van der Waals surface area contributed by atoms with Crippen LogP contribution < -0.4 is 5.69 Å². The van der Waals surface area contributed by atoms with Crippen LogP contribution in [0.15, 0.2) is 58.6 Å². The van der Waals surface area contributed by atoms with Crippen molar-refractivity contribution in [1.82, 2.24) is 24.1 Å². The lowest BCUT2D eigenvalue weighted by Gasteiger charge is -2.10. The minimum absolute atomic E-state index is 0.128. The minimum Gasteiger partial charge on any atom is -0.249 e. The fraction of sp³-hybridized carbons (Fsp3) is 0.158. The van der Waals surface area contributed by atoms with E-state index in [0.29, 0.717) is 20.8 Å². The van der Waals surface area contributed by atoms with Gasteiger partial charge in [0.1, 0.15) is 4.90 Å². The van der Waals surface area contributed by atoms with Crippen LogP contribution in [0.1, 0.15) is 12.5 Å². The number of sulfone groups is 1. The number of fused-ring (bicyclic) bond motifs is 1. The van der Waals surface area contributed by atoms with E-state index < -0.39 is 33.2 Å². The van der Waals surface area contributed by atoms with E-state index in [-0.39, 0.29) is 27.7 Å². The van der Waals surface area contributed by atoms with Crippen LogP contribution in [0.4, 0.5) is 17.6 Å². The molecular weight excluding hydrogens is 454 g/mol. The number of nitrogens with zero attached hydrogens (tertiary/aromatic N) is 5. The predicted octanol–water partition coefficient (Wildman–Crippen LogP) is 2.89. The monoisotopic (exact) mass is 467 g/mol. The molecule has 0 atom stereocenters. The summed E-state index contributed by atoms with van der Waals surface area (Å²) in [6.07, 6.45) is -1.69. The first-order valence-corrected chi connectivity index (χ1v) is 10.7. The highest BCUT2D eigenvalue weighted by Gasteiger charge is 2.31. The van der Waals surface area contributed by atoms with Crippen molar-refractivity contribution in [3.05, 3.63) is 70.9 Å². The Balaban J connectivity index is 1.95. The molecule has 0 saturated carbocycles. The van der Waals surface area contributed by atoms with Crippen LogP contribution >= 0.6 is 0 Å². The molecule has 0 bridgehead atoms. The van der Waals surface area contributed by atoms with E-state index in [0.717, 1.165) is 18.2 Å². The molecule has 0 aliphatic heterocycles. The van der Waals surface area contributed by atoms with E-state index in [1.807, 2.05) is 0 Å². The first kappa shape index (κ1) is 21.6. The van der Waals surface area contributed by atoms with Crippen molar-refractivity contribution in [2.75, 3.05) is 5.75 Å². The van der Waals surface area contributed by atoms with E-state index in [1.165, 1.54) is 31.5 Å². The highest BCUT2D eigenvalue weighted by molar-refractivity contribution is 7.91. The van der Waals surface area contributed by atoms with Crippen LogP contribution in [0, 0.1) is 5.95 Å². The Bertz CT molecular complexity index is 1490. The van der Waals surface area contributed by atoms with Gasteiger partial charge in [-0.15, -0.1) is 5.10 Å². The van der Waals surface area contributed by atoms with Crippen molar-refractivity contribution >= 4 is 15.5 Å². The van der Waals surface area contributed by atoms with Crippen molar-refractivity contribution in [1.29, 1.82) is 0 Å². The molecule has 0 saturated heterocycles. The van der Waals surface area contributed by atoms with Gasteiger partial charge >= 0.3 is 11.9 Å². The highest BCUT2D eigenvalue weighted by Crippen LogP contribution is 2.29. The summed E-state index contributed by atoms with van der Waals surface area (Å²) in [5.41, 5.74) is -1.57. The van der Waals surface area contributed by atoms with Gasteiger partial charge < -0.3 is 0 Å². The lowest BCUT2D eigenvalue weighted by molar-refractivity contribution is -0.137.